The third-order valence-electron chi connectivity index (χ3n) is 2.08. The van der Waals surface area contributed by atoms with Crippen LogP contribution in [0.4, 0.5) is 4.39 Å². The minimum absolute atomic E-state index is 0.323. The predicted octanol–water partition coefficient (Wildman–Crippen LogP) is 2.26. The van der Waals surface area contributed by atoms with Gasteiger partial charge in [0.2, 0.25) is 0 Å². The van der Waals surface area contributed by atoms with Crippen molar-refractivity contribution >= 4 is 0 Å². The van der Waals surface area contributed by atoms with Crippen LogP contribution in [0.5, 0.6) is 0 Å². The molecule has 0 aliphatic rings. The average Bonchev–Trinajstić information content (AvgIpc) is 2.11. The van der Waals surface area contributed by atoms with E-state index in [1.807, 2.05) is 6.92 Å². The van der Waals surface area contributed by atoms with Crippen LogP contribution in [0.15, 0.2) is 18.2 Å². The van der Waals surface area contributed by atoms with Gasteiger partial charge in [-0.25, -0.2) is 4.39 Å². The second-order valence-corrected chi connectivity index (χ2v) is 3.52. The molecule has 1 aromatic carbocycles. The summed E-state index contributed by atoms with van der Waals surface area (Å²) in [7, 11) is 3.52. The first-order chi connectivity index (χ1) is 6.56. The number of aryl methyl sites for hydroxylation is 1. The maximum absolute atomic E-state index is 13.4. The molecule has 0 radical (unpaired) electrons. The summed E-state index contributed by atoms with van der Waals surface area (Å²) in [4.78, 5) is 1.69. The Labute approximate surface area is 83.6 Å². The van der Waals surface area contributed by atoms with E-state index in [-0.39, 0.29) is 5.82 Å². The lowest BCUT2D eigenvalue weighted by Gasteiger charge is -2.18. The highest BCUT2D eigenvalue weighted by molar-refractivity contribution is 5.30. The molecule has 74 valence electrons. The summed E-state index contributed by atoms with van der Waals surface area (Å²) in [5, 5.41) is 8.91. The topological polar surface area (TPSA) is 27.0 Å². The number of benzene rings is 1. The maximum Gasteiger partial charge on any atom is 0.129 e. The molecule has 0 heterocycles. The summed E-state index contributed by atoms with van der Waals surface area (Å²) in [6.07, 6.45) is 0. The van der Waals surface area contributed by atoms with Gasteiger partial charge in [0.05, 0.1) is 6.07 Å². The lowest BCUT2D eigenvalue weighted by atomic mass is 10.0. The monoisotopic (exact) mass is 192 g/mol. The summed E-state index contributed by atoms with van der Waals surface area (Å²) in [6.45, 7) is 1.88. The van der Waals surface area contributed by atoms with Crippen LogP contribution in [0.2, 0.25) is 0 Å². The zero-order chi connectivity index (χ0) is 10.7. The molecule has 1 aromatic rings. The van der Waals surface area contributed by atoms with Gasteiger partial charge >= 0.3 is 0 Å². The standard InChI is InChI=1S/C11H13FN2/c1-8-4-5-10(12)9(6-8)11(7-13)14(2)3/h4-6,11H,1-3H3. The predicted molar refractivity (Wildman–Crippen MR) is 53.2 cm³/mol. The van der Waals surface area contributed by atoms with E-state index < -0.39 is 6.04 Å². The Morgan fingerprint density at radius 2 is 2.07 bits per heavy atom. The molecule has 0 aliphatic heterocycles. The second kappa shape index (κ2) is 4.21. The zero-order valence-electron chi connectivity index (χ0n) is 8.58. The van der Waals surface area contributed by atoms with Crippen LogP contribution in [-0.2, 0) is 0 Å². The van der Waals surface area contributed by atoms with Crippen LogP contribution < -0.4 is 0 Å². The van der Waals surface area contributed by atoms with Crippen LogP contribution in [-0.4, -0.2) is 19.0 Å². The molecule has 0 amide bonds. The van der Waals surface area contributed by atoms with E-state index in [4.69, 9.17) is 5.26 Å². The van der Waals surface area contributed by atoms with E-state index in [2.05, 4.69) is 6.07 Å². The Kier molecular flexibility index (Phi) is 3.21. The minimum atomic E-state index is -0.519. The fourth-order valence-corrected chi connectivity index (χ4v) is 1.34. The van der Waals surface area contributed by atoms with Gasteiger partial charge in [-0.2, -0.15) is 5.26 Å². The lowest BCUT2D eigenvalue weighted by Crippen LogP contribution is -2.19. The highest BCUT2D eigenvalue weighted by atomic mass is 19.1. The highest BCUT2D eigenvalue weighted by Gasteiger charge is 2.16. The van der Waals surface area contributed by atoms with Gasteiger partial charge in [0.1, 0.15) is 11.9 Å². The highest BCUT2D eigenvalue weighted by Crippen LogP contribution is 2.21. The molecule has 1 unspecified atom stereocenters. The summed E-state index contributed by atoms with van der Waals surface area (Å²) in [5.41, 5.74) is 1.40. The van der Waals surface area contributed by atoms with Crippen LogP contribution in [0.25, 0.3) is 0 Å². The largest absolute Gasteiger partial charge is 0.290 e. The average molecular weight is 192 g/mol. The first-order valence-corrected chi connectivity index (χ1v) is 4.38. The van der Waals surface area contributed by atoms with Crippen molar-refractivity contribution in [1.29, 1.82) is 5.26 Å². The number of hydrogen-bond acceptors (Lipinski definition) is 2. The molecule has 3 heteroatoms. The molecular formula is C11H13FN2. The number of nitriles is 1. The normalized spacial score (nSPS) is 12.6. The molecule has 0 fully saturated rings. The molecule has 0 saturated heterocycles. The summed E-state index contributed by atoms with van der Waals surface area (Å²) < 4.78 is 13.4. The van der Waals surface area contributed by atoms with Crippen LogP contribution in [0.1, 0.15) is 17.2 Å². The summed E-state index contributed by atoms with van der Waals surface area (Å²) in [6, 6.07) is 6.36. The third-order valence-corrected chi connectivity index (χ3v) is 2.08. The van der Waals surface area contributed by atoms with Gasteiger partial charge in [0.25, 0.3) is 0 Å². The van der Waals surface area contributed by atoms with Gasteiger partial charge in [-0.3, -0.25) is 4.90 Å². The summed E-state index contributed by atoms with van der Waals surface area (Å²) >= 11 is 0. The molecule has 0 N–H and O–H groups in total. The van der Waals surface area contributed by atoms with Crippen molar-refractivity contribution in [1.82, 2.24) is 4.90 Å². The van der Waals surface area contributed by atoms with E-state index >= 15 is 0 Å². The number of hydrogen-bond donors (Lipinski definition) is 0. The Morgan fingerprint density at radius 3 is 2.57 bits per heavy atom. The van der Waals surface area contributed by atoms with Crippen molar-refractivity contribution in [3.63, 3.8) is 0 Å². The number of nitrogens with zero attached hydrogens (tertiary/aromatic N) is 2. The van der Waals surface area contributed by atoms with E-state index in [0.29, 0.717) is 5.56 Å². The molecule has 0 aromatic heterocycles. The van der Waals surface area contributed by atoms with Gasteiger partial charge in [-0.1, -0.05) is 17.7 Å². The van der Waals surface area contributed by atoms with Gasteiger partial charge in [-0.15, -0.1) is 0 Å². The Bertz CT molecular complexity index is 366. The molecule has 0 aliphatic carbocycles. The smallest absolute Gasteiger partial charge is 0.129 e. The van der Waals surface area contributed by atoms with Crippen molar-refractivity contribution < 1.29 is 4.39 Å². The number of rotatable bonds is 2. The SMILES string of the molecule is Cc1ccc(F)c(C(C#N)N(C)C)c1. The first kappa shape index (κ1) is 10.7. The molecule has 14 heavy (non-hydrogen) atoms. The van der Waals surface area contributed by atoms with Crippen molar-refractivity contribution in [2.75, 3.05) is 14.1 Å². The van der Waals surface area contributed by atoms with Crippen LogP contribution >= 0.6 is 0 Å². The molecule has 1 atom stereocenters. The Hall–Kier alpha value is -1.40. The first-order valence-electron chi connectivity index (χ1n) is 4.38. The van der Waals surface area contributed by atoms with Gasteiger partial charge in [-0.05, 0) is 27.1 Å². The fraction of sp³-hybridized carbons (Fsp3) is 0.364. The molecular weight excluding hydrogens is 179 g/mol. The van der Waals surface area contributed by atoms with Crippen LogP contribution in [0, 0.1) is 24.1 Å². The van der Waals surface area contributed by atoms with E-state index in [0.717, 1.165) is 5.56 Å². The Morgan fingerprint density at radius 1 is 1.43 bits per heavy atom. The molecule has 0 saturated carbocycles. The van der Waals surface area contributed by atoms with Crippen molar-refractivity contribution in [3.05, 3.63) is 35.1 Å². The zero-order valence-corrected chi connectivity index (χ0v) is 8.58. The minimum Gasteiger partial charge on any atom is -0.290 e. The van der Waals surface area contributed by atoms with Crippen molar-refractivity contribution in [2.45, 2.75) is 13.0 Å². The molecule has 1 rings (SSSR count). The lowest BCUT2D eigenvalue weighted by molar-refractivity contribution is 0.349. The fourth-order valence-electron chi connectivity index (χ4n) is 1.34. The molecule has 0 bridgehead atoms. The molecule has 0 spiro atoms. The Balaban J connectivity index is 3.17. The van der Waals surface area contributed by atoms with Crippen LogP contribution in [0.3, 0.4) is 0 Å². The van der Waals surface area contributed by atoms with Crippen molar-refractivity contribution in [3.8, 4) is 6.07 Å². The quantitative estimate of drug-likeness (QED) is 0.718. The molecule has 2 nitrogen and oxygen atoms in total. The maximum atomic E-state index is 13.4. The van der Waals surface area contributed by atoms with Gasteiger partial charge < -0.3 is 0 Å². The van der Waals surface area contributed by atoms with E-state index in [1.54, 1.807) is 31.1 Å². The summed E-state index contributed by atoms with van der Waals surface area (Å²) in [5.74, 6) is -0.323. The van der Waals surface area contributed by atoms with Gasteiger partial charge in [0, 0.05) is 5.56 Å². The van der Waals surface area contributed by atoms with Gasteiger partial charge in [0.15, 0.2) is 0 Å². The van der Waals surface area contributed by atoms with E-state index in [9.17, 15) is 4.39 Å². The van der Waals surface area contributed by atoms with E-state index in [1.165, 1.54) is 6.07 Å². The number of halogens is 1. The third kappa shape index (κ3) is 2.09. The second-order valence-electron chi connectivity index (χ2n) is 3.52. The van der Waals surface area contributed by atoms with Crippen molar-refractivity contribution in [2.24, 2.45) is 0 Å².